The van der Waals surface area contributed by atoms with Gasteiger partial charge in [0, 0.05) is 40.3 Å². The fraction of sp³-hybridized carbons (Fsp3) is 0.227. The molecule has 0 N–H and O–H groups in total. The number of methoxy groups -OCH3 is 1. The van der Waals surface area contributed by atoms with Gasteiger partial charge < -0.3 is 9.64 Å². The third-order valence-electron chi connectivity index (χ3n) is 5.08. The first-order valence-corrected chi connectivity index (χ1v) is 9.73. The van der Waals surface area contributed by atoms with E-state index in [1.165, 1.54) is 5.57 Å². The summed E-state index contributed by atoms with van der Waals surface area (Å²) in [4.78, 5) is 15.5. The average Bonchev–Trinajstić information content (AvgIpc) is 3.06. The van der Waals surface area contributed by atoms with Crippen LogP contribution in [0.3, 0.4) is 0 Å². The summed E-state index contributed by atoms with van der Waals surface area (Å²) >= 11 is 3.54. The number of carbonyl (C=O) groups is 1. The van der Waals surface area contributed by atoms with Crippen LogP contribution in [0.2, 0.25) is 0 Å². The van der Waals surface area contributed by atoms with Crippen molar-refractivity contribution in [1.82, 2.24) is 9.47 Å². The van der Waals surface area contributed by atoms with Gasteiger partial charge in [-0.1, -0.05) is 28.1 Å². The van der Waals surface area contributed by atoms with Crippen LogP contribution in [0, 0.1) is 0 Å². The maximum Gasteiger partial charge on any atom is 0.262 e. The molecule has 0 saturated carbocycles. The highest BCUT2D eigenvalue weighted by atomic mass is 79.9. The van der Waals surface area contributed by atoms with Crippen molar-refractivity contribution in [1.29, 1.82) is 0 Å². The van der Waals surface area contributed by atoms with Crippen LogP contribution in [0.4, 0.5) is 0 Å². The molecular weight excluding hydrogens is 404 g/mol. The van der Waals surface area contributed by atoms with Crippen molar-refractivity contribution >= 4 is 38.3 Å². The van der Waals surface area contributed by atoms with Gasteiger partial charge in [-0.2, -0.15) is 0 Å². The SMILES string of the molecule is COc1ccc(C(=O)n2cc(C3=CCN(C)CC3)c3ccc(Br)cc32)cc1. The van der Waals surface area contributed by atoms with E-state index in [4.69, 9.17) is 4.74 Å². The van der Waals surface area contributed by atoms with Gasteiger partial charge in [-0.05, 0) is 55.4 Å². The van der Waals surface area contributed by atoms with E-state index >= 15 is 0 Å². The van der Waals surface area contributed by atoms with Crippen LogP contribution in [0.15, 0.2) is 59.2 Å². The number of hydrogen-bond donors (Lipinski definition) is 0. The van der Waals surface area contributed by atoms with E-state index < -0.39 is 0 Å². The molecule has 2 aromatic carbocycles. The van der Waals surface area contributed by atoms with Gasteiger partial charge in [-0.25, -0.2) is 0 Å². The Morgan fingerprint density at radius 1 is 1.15 bits per heavy atom. The molecule has 0 bridgehead atoms. The summed E-state index contributed by atoms with van der Waals surface area (Å²) in [5, 5.41) is 1.11. The molecule has 0 fully saturated rings. The number of halogens is 1. The molecule has 27 heavy (non-hydrogen) atoms. The molecule has 1 aromatic heterocycles. The number of fused-ring (bicyclic) bond motifs is 1. The molecule has 0 saturated heterocycles. The third kappa shape index (κ3) is 3.45. The monoisotopic (exact) mass is 424 g/mol. The van der Waals surface area contributed by atoms with Gasteiger partial charge in [-0.15, -0.1) is 0 Å². The first-order chi connectivity index (χ1) is 13.1. The summed E-state index contributed by atoms with van der Waals surface area (Å²) in [6.45, 7) is 1.96. The molecule has 0 spiro atoms. The molecule has 1 aliphatic rings. The number of likely N-dealkylation sites (N-methyl/N-ethyl adjacent to an activating group) is 1. The maximum absolute atomic E-state index is 13.2. The first-order valence-electron chi connectivity index (χ1n) is 8.94. The average molecular weight is 425 g/mol. The Labute approximate surface area is 167 Å². The van der Waals surface area contributed by atoms with Crippen LogP contribution in [0.5, 0.6) is 5.75 Å². The smallest absolute Gasteiger partial charge is 0.262 e. The summed E-state index contributed by atoms with van der Waals surface area (Å²) in [5.74, 6) is 0.698. The maximum atomic E-state index is 13.2. The van der Waals surface area contributed by atoms with Crippen molar-refractivity contribution in [3.63, 3.8) is 0 Å². The summed E-state index contributed by atoms with van der Waals surface area (Å²) in [5.41, 5.74) is 4.01. The van der Waals surface area contributed by atoms with Gasteiger partial charge in [0.15, 0.2) is 0 Å². The van der Waals surface area contributed by atoms with E-state index in [-0.39, 0.29) is 5.91 Å². The molecule has 4 nitrogen and oxygen atoms in total. The van der Waals surface area contributed by atoms with Crippen molar-refractivity contribution in [2.75, 3.05) is 27.2 Å². The number of rotatable bonds is 3. The number of ether oxygens (including phenoxy) is 1. The summed E-state index contributed by atoms with van der Waals surface area (Å²) in [7, 11) is 3.75. The number of carbonyl (C=O) groups excluding carboxylic acids is 1. The number of hydrogen-bond acceptors (Lipinski definition) is 3. The lowest BCUT2D eigenvalue weighted by Crippen LogP contribution is -2.23. The van der Waals surface area contributed by atoms with E-state index in [9.17, 15) is 4.79 Å². The second kappa shape index (κ2) is 7.33. The zero-order valence-electron chi connectivity index (χ0n) is 15.4. The van der Waals surface area contributed by atoms with Crippen LogP contribution in [-0.4, -0.2) is 42.6 Å². The van der Waals surface area contributed by atoms with Gasteiger partial charge in [0.25, 0.3) is 5.91 Å². The first kappa shape index (κ1) is 18.0. The van der Waals surface area contributed by atoms with E-state index in [0.29, 0.717) is 5.56 Å². The van der Waals surface area contributed by atoms with E-state index in [0.717, 1.165) is 46.2 Å². The van der Waals surface area contributed by atoms with Gasteiger partial charge >= 0.3 is 0 Å². The minimum atomic E-state index is -0.0412. The number of aromatic nitrogens is 1. The minimum Gasteiger partial charge on any atom is -0.497 e. The lowest BCUT2D eigenvalue weighted by atomic mass is 9.99. The fourth-order valence-electron chi connectivity index (χ4n) is 3.51. The zero-order chi connectivity index (χ0) is 19.0. The van der Waals surface area contributed by atoms with Crippen LogP contribution < -0.4 is 4.74 Å². The van der Waals surface area contributed by atoms with E-state index in [1.54, 1.807) is 23.8 Å². The molecule has 138 valence electrons. The standard InChI is InChI=1S/C22H21BrN2O2/c1-24-11-9-15(10-12-24)20-14-25(21-13-17(23)5-8-19(20)21)22(26)16-3-6-18(27-2)7-4-16/h3-9,13-14H,10-12H2,1-2H3. The predicted octanol–water partition coefficient (Wildman–Crippen LogP) is 4.82. The molecule has 1 aliphatic heterocycles. The summed E-state index contributed by atoms with van der Waals surface area (Å²) in [6, 6.07) is 13.4. The van der Waals surface area contributed by atoms with Crippen LogP contribution in [0.1, 0.15) is 22.3 Å². The van der Waals surface area contributed by atoms with E-state index in [2.05, 4.69) is 40.0 Å². The number of benzene rings is 2. The van der Waals surface area contributed by atoms with Gasteiger partial charge in [-0.3, -0.25) is 9.36 Å². The van der Waals surface area contributed by atoms with Crippen LogP contribution >= 0.6 is 15.9 Å². The van der Waals surface area contributed by atoms with Crippen LogP contribution in [-0.2, 0) is 0 Å². The number of nitrogens with zero attached hydrogens (tertiary/aromatic N) is 2. The predicted molar refractivity (Wildman–Crippen MR) is 112 cm³/mol. The second-order valence-electron chi connectivity index (χ2n) is 6.85. The molecule has 0 radical (unpaired) electrons. The molecular formula is C22H21BrN2O2. The van der Waals surface area contributed by atoms with Crippen molar-refractivity contribution in [3.05, 3.63) is 70.3 Å². The largest absolute Gasteiger partial charge is 0.497 e. The van der Waals surface area contributed by atoms with Gasteiger partial charge in [0.2, 0.25) is 0 Å². The summed E-state index contributed by atoms with van der Waals surface area (Å²) < 4.78 is 7.92. The van der Waals surface area contributed by atoms with Crippen molar-refractivity contribution in [2.45, 2.75) is 6.42 Å². The molecule has 0 unspecified atom stereocenters. The lowest BCUT2D eigenvalue weighted by molar-refractivity contribution is 0.0965. The van der Waals surface area contributed by atoms with Crippen molar-refractivity contribution < 1.29 is 9.53 Å². The molecule has 0 aliphatic carbocycles. The Kier molecular flexibility index (Phi) is 4.89. The zero-order valence-corrected chi connectivity index (χ0v) is 17.0. The normalized spacial score (nSPS) is 15.0. The van der Waals surface area contributed by atoms with Gasteiger partial charge in [0.1, 0.15) is 5.75 Å². The van der Waals surface area contributed by atoms with Crippen molar-refractivity contribution in [2.24, 2.45) is 0 Å². The van der Waals surface area contributed by atoms with Gasteiger partial charge in [0.05, 0.1) is 12.6 Å². The Morgan fingerprint density at radius 3 is 2.59 bits per heavy atom. The molecule has 4 rings (SSSR count). The Balaban J connectivity index is 1.82. The highest BCUT2D eigenvalue weighted by molar-refractivity contribution is 9.10. The van der Waals surface area contributed by atoms with Crippen LogP contribution in [0.25, 0.3) is 16.5 Å². The second-order valence-corrected chi connectivity index (χ2v) is 7.77. The Bertz CT molecular complexity index is 1030. The topological polar surface area (TPSA) is 34.5 Å². The minimum absolute atomic E-state index is 0.0412. The summed E-state index contributed by atoms with van der Waals surface area (Å²) in [6.07, 6.45) is 5.24. The molecule has 3 aromatic rings. The fourth-order valence-corrected chi connectivity index (χ4v) is 3.86. The molecule has 0 amide bonds. The lowest BCUT2D eigenvalue weighted by Gasteiger charge is -2.21. The molecule has 2 heterocycles. The quantitative estimate of drug-likeness (QED) is 0.604. The third-order valence-corrected chi connectivity index (χ3v) is 5.57. The molecule has 0 atom stereocenters. The van der Waals surface area contributed by atoms with E-state index in [1.807, 2.05) is 30.5 Å². The Morgan fingerprint density at radius 2 is 1.93 bits per heavy atom. The highest BCUT2D eigenvalue weighted by Gasteiger charge is 2.19. The highest BCUT2D eigenvalue weighted by Crippen LogP contribution is 2.33. The Hall–Kier alpha value is -2.37. The van der Waals surface area contributed by atoms with Crippen molar-refractivity contribution in [3.8, 4) is 5.75 Å². The molecule has 5 heteroatoms.